The van der Waals surface area contributed by atoms with Crippen molar-refractivity contribution in [2.45, 2.75) is 38.1 Å². The number of rotatable bonds is 6. The van der Waals surface area contributed by atoms with Crippen LogP contribution in [0.15, 0.2) is 54.6 Å². The lowest BCUT2D eigenvalue weighted by Crippen LogP contribution is -2.28. The van der Waals surface area contributed by atoms with Crippen molar-refractivity contribution in [1.29, 1.82) is 0 Å². The summed E-state index contributed by atoms with van der Waals surface area (Å²) in [6.45, 7) is 4.02. The van der Waals surface area contributed by atoms with Gasteiger partial charge in [0.15, 0.2) is 5.78 Å². The molecule has 1 aliphatic rings. The summed E-state index contributed by atoms with van der Waals surface area (Å²) >= 11 is 0. The zero-order valence-corrected chi connectivity index (χ0v) is 13.1. The second-order valence-electron chi connectivity index (χ2n) is 6.19. The van der Waals surface area contributed by atoms with E-state index in [4.69, 9.17) is 0 Å². The van der Waals surface area contributed by atoms with Crippen molar-refractivity contribution in [2.24, 2.45) is 0 Å². The van der Waals surface area contributed by atoms with E-state index in [0.717, 1.165) is 31.5 Å². The average molecular weight is 293 g/mol. The molecule has 22 heavy (non-hydrogen) atoms. The molecule has 2 aromatic carbocycles. The largest absolute Gasteiger partial charge is 0.313 e. The number of carbonyl (C=O) groups excluding carboxylic acids is 1. The quantitative estimate of drug-likeness (QED) is 0.812. The molecule has 2 nitrogen and oxygen atoms in total. The molecular weight excluding hydrogens is 270 g/mol. The molecule has 0 aliphatic heterocycles. The van der Waals surface area contributed by atoms with Crippen molar-refractivity contribution in [3.05, 3.63) is 71.3 Å². The van der Waals surface area contributed by atoms with Crippen LogP contribution >= 0.6 is 0 Å². The number of benzene rings is 2. The molecule has 2 aromatic rings. The van der Waals surface area contributed by atoms with Gasteiger partial charge in [0.2, 0.25) is 0 Å². The molecule has 1 atom stereocenters. The Kier molecular flexibility index (Phi) is 4.39. The summed E-state index contributed by atoms with van der Waals surface area (Å²) in [4.78, 5) is 12.3. The third-order valence-electron chi connectivity index (χ3n) is 4.93. The molecule has 0 heterocycles. The van der Waals surface area contributed by atoms with E-state index < -0.39 is 0 Å². The molecule has 0 spiro atoms. The van der Waals surface area contributed by atoms with E-state index in [1.54, 1.807) is 0 Å². The monoisotopic (exact) mass is 293 g/mol. The fourth-order valence-corrected chi connectivity index (χ4v) is 3.56. The van der Waals surface area contributed by atoms with Gasteiger partial charge in [0, 0.05) is 23.9 Å². The van der Waals surface area contributed by atoms with Gasteiger partial charge in [-0.15, -0.1) is 0 Å². The van der Waals surface area contributed by atoms with E-state index in [1.165, 1.54) is 11.1 Å². The van der Waals surface area contributed by atoms with Crippen molar-refractivity contribution < 1.29 is 4.79 Å². The molecule has 1 aliphatic carbocycles. The maximum atomic E-state index is 12.3. The van der Waals surface area contributed by atoms with Crippen molar-refractivity contribution in [3.8, 4) is 0 Å². The summed E-state index contributed by atoms with van der Waals surface area (Å²) < 4.78 is 0. The molecule has 0 bridgehead atoms. The van der Waals surface area contributed by atoms with Crippen molar-refractivity contribution in [1.82, 2.24) is 5.32 Å². The first-order valence-corrected chi connectivity index (χ1v) is 8.12. The van der Waals surface area contributed by atoms with Crippen LogP contribution in [-0.2, 0) is 12.0 Å². The maximum absolute atomic E-state index is 12.3. The Bertz CT molecular complexity index is 650. The van der Waals surface area contributed by atoms with Crippen LogP contribution in [0.2, 0.25) is 0 Å². The van der Waals surface area contributed by atoms with E-state index in [1.807, 2.05) is 18.2 Å². The molecular formula is C20H23NO. The van der Waals surface area contributed by atoms with Gasteiger partial charge in [-0.05, 0) is 30.5 Å². The first kappa shape index (κ1) is 15.0. The highest BCUT2D eigenvalue weighted by molar-refractivity contribution is 6.02. The number of ketones is 1. The number of fused-ring (bicyclic) bond motifs is 1. The first-order chi connectivity index (χ1) is 10.7. The lowest BCUT2D eigenvalue weighted by Gasteiger charge is -2.28. The molecule has 3 rings (SSSR count). The average Bonchev–Trinajstić information content (AvgIpc) is 2.86. The number of Topliss-reactive ketones (excluding diaryl/α,β-unsaturated/α-hetero) is 1. The van der Waals surface area contributed by atoms with E-state index in [0.29, 0.717) is 12.2 Å². The Morgan fingerprint density at radius 1 is 1.05 bits per heavy atom. The fraction of sp³-hybridized carbons (Fsp3) is 0.350. The lowest BCUT2D eigenvalue weighted by molar-refractivity contribution is 0.0969. The molecule has 2 heteroatoms. The minimum Gasteiger partial charge on any atom is -0.313 e. The van der Waals surface area contributed by atoms with Gasteiger partial charge in [-0.2, -0.15) is 0 Å². The second kappa shape index (κ2) is 6.45. The fourth-order valence-electron chi connectivity index (χ4n) is 3.56. The molecule has 1 N–H and O–H groups in total. The normalized spacial score (nSPS) is 20.1. The zero-order chi connectivity index (χ0) is 15.4. The highest BCUT2D eigenvalue weighted by Crippen LogP contribution is 2.43. The number of hydrogen-bond donors (Lipinski definition) is 1. The Morgan fingerprint density at radius 2 is 1.77 bits per heavy atom. The van der Waals surface area contributed by atoms with Crippen molar-refractivity contribution >= 4 is 5.78 Å². The Hall–Kier alpha value is -1.93. The number of nitrogens with one attached hydrogen (secondary N) is 1. The zero-order valence-electron chi connectivity index (χ0n) is 13.1. The number of carbonyl (C=O) groups is 1. The number of hydrogen-bond acceptors (Lipinski definition) is 2. The Morgan fingerprint density at radius 3 is 2.55 bits per heavy atom. The Labute approximate surface area is 132 Å². The summed E-state index contributed by atoms with van der Waals surface area (Å²) in [7, 11) is 0. The molecule has 0 saturated heterocycles. The van der Waals surface area contributed by atoms with Crippen molar-refractivity contribution in [2.75, 3.05) is 6.54 Å². The van der Waals surface area contributed by atoms with Crippen LogP contribution < -0.4 is 5.32 Å². The molecule has 0 radical (unpaired) electrons. The van der Waals surface area contributed by atoms with E-state index in [2.05, 4.69) is 48.6 Å². The summed E-state index contributed by atoms with van der Waals surface area (Å²) in [5, 5.41) is 3.52. The minimum atomic E-state index is 0.0252. The topological polar surface area (TPSA) is 29.1 Å². The first-order valence-electron chi connectivity index (χ1n) is 8.12. The van der Waals surface area contributed by atoms with Gasteiger partial charge in [-0.3, -0.25) is 4.79 Å². The molecule has 1 unspecified atom stereocenters. The van der Waals surface area contributed by atoms with Crippen LogP contribution in [0.1, 0.15) is 47.7 Å². The molecule has 114 valence electrons. The Balaban J connectivity index is 1.64. The van der Waals surface area contributed by atoms with Gasteiger partial charge in [-0.1, -0.05) is 61.5 Å². The van der Waals surface area contributed by atoms with Crippen LogP contribution in [0.25, 0.3) is 0 Å². The third kappa shape index (κ3) is 2.84. The predicted molar refractivity (Wildman–Crippen MR) is 90.1 cm³/mol. The highest BCUT2D eigenvalue weighted by Gasteiger charge is 2.41. The van der Waals surface area contributed by atoms with Gasteiger partial charge in [0.1, 0.15) is 0 Å². The van der Waals surface area contributed by atoms with Crippen LogP contribution in [0.3, 0.4) is 0 Å². The van der Waals surface area contributed by atoms with E-state index >= 15 is 0 Å². The highest BCUT2D eigenvalue weighted by atomic mass is 16.1. The van der Waals surface area contributed by atoms with Crippen LogP contribution in [0.4, 0.5) is 0 Å². The molecule has 0 amide bonds. The summed E-state index contributed by atoms with van der Waals surface area (Å²) in [6, 6.07) is 18.6. The van der Waals surface area contributed by atoms with E-state index in [-0.39, 0.29) is 5.41 Å². The van der Waals surface area contributed by atoms with E-state index in [9.17, 15) is 4.79 Å². The van der Waals surface area contributed by atoms with Crippen LogP contribution in [0, 0.1) is 0 Å². The van der Waals surface area contributed by atoms with Gasteiger partial charge in [-0.25, -0.2) is 0 Å². The molecule has 0 fully saturated rings. The summed E-state index contributed by atoms with van der Waals surface area (Å²) in [5.41, 5.74) is 3.52. The standard InChI is InChI=1S/C20H23NO/c1-2-20(12-13-21-15-16-8-4-3-5-9-16)14-19(22)17-10-6-7-11-18(17)20/h3-11,21H,2,12-15H2,1H3. The smallest absolute Gasteiger partial charge is 0.164 e. The van der Waals surface area contributed by atoms with Gasteiger partial charge < -0.3 is 5.32 Å². The third-order valence-corrected chi connectivity index (χ3v) is 4.93. The predicted octanol–water partition coefficient (Wildman–Crippen LogP) is 4.10. The minimum absolute atomic E-state index is 0.0252. The lowest BCUT2D eigenvalue weighted by atomic mass is 9.76. The van der Waals surface area contributed by atoms with Crippen molar-refractivity contribution in [3.63, 3.8) is 0 Å². The molecule has 0 aromatic heterocycles. The SMILES string of the molecule is CCC1(CCNCc2ccccc2)CC(=O)c2ccccc21. The van der Waals surface area contributed by atoms with Gasteiger partial charge >= 0.3 is 0 Å². The summed E-state index contributed by atoms with van der Waals surface area (Å²) in [6.07, 6.45) is 2.69. The van der Waals surface area contributed by atoms with Crippen LogP contribution in [0.5, 0.6) is 0 Å². The molecule has 0 saturated carbocycles. The second-order valence-corrected chi connectivity index (χ2v) is 6.19. The van der Waals surface area contributed by atoms with Crippen LogP contribution in [-0.4, -0.2) is 12.3 Å². The van der Waals surface area contributed by atoms with Gasteiger partial charge in [0.25, 0.3) is 0 Å². The van der Waals surface area contributed by atoms with Gasteiger partial charge in [0.05, 0.1) is 0 Å². The summed E-state index contributed by atoms with van der Waals surface area (Å²) in [5.74, 6) is 0.306. The maximum Gasteiger partial charge on any atom is 0.164 e.